The Morgan fingerprint density at radius 2 is 2.00 bits per heavy atom. The number of hydrogen-bond acceptors (Lipinski definition) is 2. The molecule has 0 radical (unpaired) electrons. The molecule has 0 saturated heterocycles. The van der Waals surface area contributed by atoms with Crippen LogP contribution in [0.25, 0.3) is 0 Å². The topological polar surface area (TPSA) is 32.3 Å². The monoisotopic (exact) mass is 286 g/mol. The summed E-state index contributed by atoms with van der Waals surface area (Å²) in [7, 11) is 0. The minimum atomic E-state index is 0.202. The summed E-state index contributed by atoms with van der Waals surface area (Å²) in [4.78, 5) is 14.6. The van der Waals surface area contributed by atoms with E-state index in [9.17, 15) is 4.79 Å². The molecule has 0 spiro atoms. The summed E-state index contributed by atoms with van der Waals surface area (Å²) in [5.41, 5.74) is 2.82. The van der Waals surface area contributed by atoms with Crippen LogP contribution in [0, 0.1) is 5.92 Å². The lowest BCUT2D eigenvalue weighted by Crippen LogP contribution is -2.46. The fraction of sp³-hybridized carbons (Fsp3) is 0.611. The van der Waals surface area contributed by atoms with Gasteiger partial charge >= 0.3 is 0 Å². The van der Waals surface area contributed by atoms with Crippen molar-refractivity contribution in [1.29, 1.82) is 0 Å². The van der Waals surface area contributed by atoms with Crippen LogP contribution in [0.2, 0.25) is 0 Å². The van der Waals surface area contributed by atoms with Gasteiger partial charge in [0.25, 0.3) is 0 Å². The van der Waals surface area contributed by atoms with Crippen molar-refractivity contribution in [3.05, 3.63) is 35.4 Å². The molecule has 3 nitrogen and oxygen atoms in total. The highest BCUT2D eigenvalue weighted by atomic mass is 16.2. The van der Waals surface area contributed by atoms with Crippen LogP contribution in [0.4, 0.5) is 0 Å². The minimum Gasteiger partial charge on any atom is -0.352 e. The lowest BCUT2D eigenvalue weighted by Gasteiger charge is -2.32. The van der Waals surface area contributed by atoms with Crippen molar-refractivity contribution >= 4 is 5.91 Å². The number of benzene rings is 1. The van der Waals surface area contributed by atoms with E-state index in [4.69, 9.17) is 0 Å². The van der Waals surface area contributed by atoms with Crippen LogP contribution in [0.3, 0.4) is 0 Å². The van der Waals surface area contributed by atoms with Gasteiger partial charge in [0.15, 0.2) is 0 Å². The van der Waals surface area contributed by atoms with E-state index in [2.05, 4.69) is 41.4 Å². The van der Waals surface area contributed by atoms with E-state index in [1.807, 2.05) is 0 Å². The number of carbonyl (C=O) groups excluding carboxylic acids is 1. The second-order valence-corrected chi connectivity index (χ2v) is 6.67. The van der Waals surface area contributed by atoms with Crippen molar-refractivity contribution in [2.75, 3.05) is 13.1 Å². The van der Waals surface area contributed by atoms with E-state index in [1.54, 1.807) is 0 Å². The van der Waals surface area contributed by atoms with E-state index >= 15 is 0 Å². The van der Waals surface area contributed by atoms with Gasteiger partial charge in [0.1, 0.15) is 0 Å². The van der Waals surface area contributed by atoms with Crippen molar-refractivity contribution in [2.45, 2.75) is 51.6 Å². The summed E-state index contributed by atoms with van der Waals surface area (Å²) in [6, 6.07) is 8.97. The van der Waals surface area contributed by atoms with Gasteiger partial charge in [-0.3, -0.25) is 9.69 Å². The minimum absolute atomic E-state index is 0.202. The lowest BCUT2D eigenvalue weighted by molar-refractivity contribution is -0.123. The van der Waals surface area contributed by atoms with Crippen molar-refractivity contribution in [1.82, 2.24) is 10.2 Å². The first kappa shape index (κ1) is 14.6. The first-order valence-electron chi connectivity index (χ1n) is 8.31. The molecule has 0 unspecified atom stereocenters. The van der Waals surface area contributed by atoms with Crippen LogP contribution in [-0.4, -0.2) is 29.9 Å². The maximum atomic E-state index is 12.3. The molecule has 2 atom stereocenters. The third kappa shape index (κ3) is 3.65. The summed E-state index contributed by atoms with van der Waals surface area (Å²) < 4.78 is 0. The zero-order chi connectivity index (χ0) is 14.7. The number of nitrogens with one attached hydrogen (secondary N) is 1. The Labute approximate surface area is 127 Å². The average Bonchev–Trinajstić information content (AvgIpc) is 2.49. The Bertz CT molecular complexity index is 500. The second kappa shape index (κ2) is 6.61. The van der Waals surface area contributed by atoms with Crippen LogP contribution >= 0.6 is 0 Å². The van der Waals surface area contributed by atoms with E-state index in [-0.39, 0.29) is 5.91 Å². The van der Waals surface area contributed by atoms with Gasteiger partial charge < -0.3 is 5.32 Å². The molecular weight excluding hydrogens is 260 g/mol. The van der Waals surface area contributed by atoms with Gasteiger partial charge in [0.2, 0.25) is 5.91 Å². The van der Waals surface area contributed by atoms with Crippen molar-refractivity contribution in [2.24, 2.45) is 5.92 Å². The zero-order valence-electron chi connectivity index (χ0n) is 13.0. The van der Waals surface area contributed by atoms with Gasteiger partial charge in [0, 0.05) is 19.1 Å². The summed E-state index contributed by atoms with van der Waals surface area (Å²) in [6.07, 6.45) is 6.03. The Kier molecular flexibility index (Phi) is 4.59. The van der Waals surface area contributed by atoms with Crippen molar-refractivity contribution < 1.29 is 4.79 Å². The molecule has 3 rings (SSSR count). The number of amides is 1. The molecule has 1 aromatic rings. The third-order valence-electron chi connectivity index (χ3n) is 5.03. The normalized spacial score (nSPS) is 26.1. The second-order valence-electron chi connectivity index (χ2n) is 6.67. The number of nitrogens with zero attached hydrogens (tertiary/aromatic N) is 1. The first-order valence-corrected chi connectivity index (χ1v) is 8.31. The highest BCUT2D eigenvalue weighted by Crippen LogP contribution is 2.24. The Morgan fingerprint density at radius 3 is 2.81 bits per heavy atom. The lowest BCUT2D eigenvalue weighted by atomic mass is 9.86. The van der Waals surface area contributed by atoms with E-state index in [0.29, 0.717) is 18.5 Å². The Morgan fingerprint density at radius 1 is 1.24 bits per heavy atom. The number of carbonyl (C=O) groups is 1. The predicted molar refractivity (Wildman–Crippen MR) is 85.0 cm³/mol. The van der Waals surface area contributed by atoms with Crippen LogP contribution in [-0.2, 0) is 17.8 Å². The molecular formula is C18H26N2O. The van der Waals surface area contributed by atoms with Crippen molar-refractivity contribution in [3.63, 3.8) is 0 Å². The average molecular weight is 286 g/mol. The predicted octanol–water partition coefficient (Wildman–Crippen LogP) is 2.74. The quantitative estimate of drug-likeness (QED) is 0.926. The Balaban J connectivity index is 1.52. The molecule has 1 amide bonds. The largest absolute Gasteiger partial charge is 0.352 e. The van der Waals surface area contributed by atoms with Crippen LogP contribution < -0.4 is 5.32 Å². The summed E-state index contributed by atoms with van der Waals surface area (Å²) in [5.74, 6) is 0.831. The maximum absolute atomic E-state index is 12.3. The highest BCUT2D eigenvalue weighted by molar-refractivity contribution is 5.78. The highest BCUT2D eigenvalue weighted by Gasteiger charge is 2.24. The standard InChI is InChI=1S/C18H26N2O/c1-14-6-2-5-9-17(14)19-18(21)13-20-11-10-15-7-3-4-8-16(15)12-20/h3-4,7-8,14,17H,2,5-6,9-13H2,1H3,(H,19,21)/t14-,17+/m0/s1. The van der Waals surface area contributed by atoms with Gasteiger partial charge in [-0.05, 0) is 36.3 Å². The smallest absolute Gasteiger partial charge is 0.234 e. The van der Waals surface area contributed by atoms with E-state index in [0.717, 1.165) is 25.9 Å². The number of hydrogen-bond donors (Lipinski definition) is 1. The van der Waals surface area contributed by atoms with Crippen LogP contribution in [0.5, 0.6) is 0 Å². The zero-order valence-corrected chi connectivity index (χ0v) is 13.0. The summed E-state index contributed by atoms with van der Waals surface area (Å²) in [5, 5.41) is 3.26. The molecule has 2 aliphatic rings. The fourth-order valence-corrected chi connectivity index (χ4v) is 3.68. The molecule has 1 aliphatic heterocycles. The number of fused-ring (bicyclic) bond motifs is 1. The third-order valence-corrected chi connectivity index (χ3v) is 5.03. The van der Waals surface area contributed by atoms with Gasteiger partial charge in [-0.25, -0.2) is 0 Å². The Hall–Kier alpha value is -1.35. The van der Waals surface area contributed by atoms with Gasteiger partial charge in [-0.2, -0.15) is 0 Å². The molecule has 1 N–H and O–H groups in total. The van der Waals surface area contributed by atoms with Crippen LogP contribution in [0.15, 0.2) is 24.3 Å². The first-order chi connectivity index (χ1) is 10.2. The van der Waals surface area contributed by atoms with E-state index in [1.165, 1.54) is 30.4 Å². The molecule has 21 heavy (non-hydrogen) atoms. The molecule has 1 heterocycles. The summed E-state index contributed by atoms with van der Waals surface area (Å²) >= 11 is 0. The molecule has 3 heteroatoms. The van der Waals surface area contributed by atoms with Crippen molar-refractivity contribution in [3.8, 4) is 0 Å². The van der Waals surface area contributed by atoms with Gasteiger partial charge in [-0.15, -0.1) is 0 Å². The molecule has 1 aliphatic carbocycles. The number of rotatable bonds is 3. The molecule has 1 fully saturated rings. The molecule has 114 valence electrons. The molecule has 1 saturated carbocycles. The SMILES string of the molecule is C[C@H]1CCCC[C@H]1NC(=O)CN1CCc2ccccc2C1. The van der Waals surface area contributed by atoms with Gasteiger partial charge in [0.05, 0.1) is 6.54 Å². The molecule has 1 aromatic carbocycles. The molecule has 0 aromatic heterocycles. The maximum Gasteiger partial charge on any atom is 0.234 e. The van der Waals surface area contributed by atoms with Gasteiger partial charge in [-0.1, -0.05) is 44.0 Å². The fourth-order valence-electron chi connectivity index (χ4n) is 3.68. The van der Waals surface area contributed by atoms with Crippen LogP contribution in [0.1, 0.15) is 43.7 Å². The summed E-state index contributed by atoms with van der Waals surface area (Å²) in [6.45, 7) is 4.70. The van der Waals surface area contributed by atoms with E-state index < -0.39 is 0 Å². The molecule has 0 bridgehead atoms.